The summed E-state index contributed by atoms with van der Waals surface area (Å²) in [5.41, 5.74) is 3.05. The van der Waals surface area contributed by atoms with Gasteiger partial charge in [-0.2, -0.15) is 0 Å². The van der Waals surface area contributed by atoms with Crippen LogP contribution in [-0.2, 0) is 6.61 Å². The van der Waals surface area contributed by atoms with E-state index in [0.29, 0.717) is 16.8 Å². The second-order valence-corrected chi connectivity index (χ2v) is 7.64. The van der Waals surface area contributed by atoms with Crippen LogP contribution in [0.3, 0.4) is 0 Å². The van der Waals surface area contributed by atoms with Gasteiger partial charge in [-0.25, -0.2) is 0 Å². The molecule has 29 heavy (non-hydrogen) atoms. The average Bonchev–Trinajstić information content (AvgIpc) is 3.19. The van der Waals surface area contributed by atoms with Crippen molar-refractivity contribution in [3.8, 4) is 5.75 Å². The fraction of sp³-hybridized carbons (Fsp3) is 0.217. The first-order valence-electron chi connectivity index (χ1n) is 9.54. The maximum atomic E-state index is 12.6. The van der Waals surface area contributed by atoms with E-state index < -0.39 is 0 Å². The Morgan fingerprint density at radius 2 is 1.86 bits per heavy atom. The highest BCUT2D eigenvalue weighted by Crippen LogP contribution is 2.27. The van der Waals surface area contributed by atoms with Crippen molar-refractivity contribution in [1.29, 1.82) is 0 Å². The van der Waals surface area contributed by atoms with Gasteiger partial charge in [-0.05, 0) is 59.1 Å². The zero-order valence-electron chi connectivity index (χ0n) is 15.9. The lowest BCUT2D eigenvalue weighted by atomic mass is 10.00. The molecule has 0 spiro atoms. The van der Waals surface area contributed by atoms with Gasteiger partial charge in [-0.3, -0.25) is 9.78 Å². The number of benzene rings is 1. The summed E-state index contributed by atoms with van der Waals surface area (Å²) in [4.78, 5) is 18.5. The van der Waals surface area contributed by atoms with Gasteiger partial charge in [0.05, 0.1) is 0 Å². The van der Waals surface area contributed by atoms with E-state index in [4.69, 9.17) is 9.15 Å². The number of carbonyl (C=O) groups excluding carboxylic acids is 1. The summed E-state index contributed by atoms with van der Waals surface area (Å²) in [6, 6.07) is 15.3. The standard InChI is InChI=1S/C23H21BrN2O3/c24-22-6-5-20(29-22)16-28-21-4-2-1-3-19(21)15-17-9-13-26(14-10-17)23(27)18-7-11-25-12-8-18/h1-8,11-12,15H,9-10,13-14,16H2. The third kappa shape index (κ3) is 4.95. The van der Waals surface area contributed by atoms with Gasteiger partial charge >= 0.3 is 0 Å². The fourth-order valence-corrected chi connectivity index (χ4v) is 3.69. The summed E-state index contributed by atoms with van der Waals surface area (Å²) in [5, 5.41) is 0. The van der Waals surface area contributed by atoms with Crippen LogP contribution in [0.5, 0.6) is 5.75 Å². The van der Waals surface area contributed by atoms with Crippen LogP contribution in [0.4, 0.5) is 0 Å². The third-order valence-corrected chi connectivity index (χ3v) is 5.32. The van der Waals surface area contributed by atoms with Crippen molar-refractivity contribution in [3.05, 3.63) is 88.1 Å². The summed E-state index contributed by atoms with van der Waals surface area (Å²) in [7, 11) is 0. The quantitative estimate of drug-likeness (QED) is 0.524. The second-order valence-electron chi connectivity index (χ2n) is 6.86. The Morgan fingerprint density at radius 3 is 2.59 bits per heavy atom. The molecule has 0 radical (unpaired) electrons. The largest absolute Gasteiger partial charge is 0.485 e. The zero-order chi connectivity index (χ0) is 20.1. The molecule has 0 bridgehead atoms. The first-order chi connectivity index (χ1) is 14.2. The number of hydrogen-bond donors (Lipinski definition) is 0. The summed E-state index contributed by atoms with van der Waals surface area (Å²) >= 11 is 3.31. The van der Waals surface area contributed by atoms with E-state index in [1.165, 1.54) is 5.57 Å². The molecule has 0 atom stereocenters. The number of carbonyl (C=O) groups is 1. The molecule has 0 saturated carbocycles. The molecular weight excluding hydrogens is 432 g/mol. The molecule has 1 amide bonds. The molecule has 0 aliphatic carbocycles. The number of likely N-dealkylation sites (tertiary alicyclic amines) is 1. The van der Waals surface area contributed by atoms with Crippen molar-refractivity contribution in [2.24, 2.45) is 0 Å². The van der Waals surface area contributed by atoms with Crippen LogP contribution in [0.25, 0.3) is 6.08 Å². The smallest absolute Gasteiger partial charge is 0.253 e. The van der Waals surface area contributed by atoms with Crippen LogP contribution >= 0.6 is 15.9 Å². The Bertz CT molecular complexity index is 1000. The number of halogens is 1. The van der Waals surface area contributed by atoms with Crippen LogP contribution in [0, 0.1) is 0 Å². The average molecular weight is 453 g/mol. The Morgan fingerprint density at radius 1 is 1.10 bits per heavy atom. The molecule has 1 aromatic carbocycles. The van der Waals surface area contributed by atoms with Crippen molar-refractivity contribution < 1.29 is 13.9 Å². The number of hydrogen-bond acceptors (Lipinski definition) is 4. The number of pyridine rings is 1. The lowest BCUT2D eigenvalue weighted by molar-refractivity contribution is 0.0744. The predicted molar refractivity (Wildman–Crippen MR) is 115 cm³/mol. The Labute approximate surface area is 178 Å². The minimum atomic E-state index is 0.0693. The van der Waals surface area contributed by atoms with E-state index >= 15 is 0 Å². The highest BCUT2D eigenvalue weighted by molar-refractivity contribution is 9.10. The summed E-state index contributed by atoms with van der Waals surface area (Å²) in [6.45, 7) is 1.81. The number of rotatable bonds is 5. The van der Waals surface area contributed by atoms with Crippen molar-refractivity contribution >= 4 is 27.9 Å². The molecule has 1 fully saturated rings. The van der Waals surface area contributed by atoms with Crippen molar-refractivity contribution in [2.45, 2.75) is 19.4 Å². The van der Waals surface area contributed by atoms with Crippen LogP contribution in [0.15, 0.2) is 75.6 Å². The second kappa shape index (κ2) is 9.09. The molecule has 1 aliphatic heterocycles. The lowest BCUT2D eigenvalue weighted by Gasteiger charge is -2.28. The number of aromatic nitrogens is 1. The van der Waals surface area contributed by atoms with E-state index in [9.17, 15) is 4.79 Å². The highest BCUT2D eigenvalue weighted by atomic mass is 79.9. The molecule has 4 rings (SSSR count). The van der Waals surface area contributed by atoms with Gasteiger partial charge in [0.15, 0.2) is 4.67 Å². The molecule has 5 nitrogen and oxygen atoms in total. The number of piperidine rings is 1. The van der Waals surface area contributed by atoms with Gasteiger partial charge in [0.2, 0.25) is 0 Å². The molecule has 3 aromatic rings. The number of para-hydroxylation sites is 1. The molecule has 1 saturated heterocycles. The number of amides is 1. The van der Waals surface area contributed by atoms with Crippen molar-refractivity contribution in [2.75, 3.05) is 13.1 Å². The van der Waals surface area contributed by atoms with Gasteiger partial charge in [-0.1, -0.05) is 29.8 Å². The summed E-state index contributed by atoms with van der Waals surface area (Å²) < 4.78 is 12.2. The molecule has 1 aliphatic rings. The van der Waals surface area contributed by atoms with Crippen molar-refractivity contribution in [1.82, 2.24) is 9.88 Å². The van der Waals surface area contributed by atoms with E-state index in [2.05, 4.69) is 33.1 Å². The Kier molecular flexibility index (Phi) is 6.10. The van der Waals surface area contributed by atoms with Crippen LogP contribution in [-0.4, -0.2) is 28.9 Å². The van der Waals surface area contributed by atoms with Gasteiger partial charge < -0.3 is 14.1 Å². The fourth-order valence-electron chi connectivity index (χ4n) is 3.35. The normalized spacial score (nSPS) is 14.0. The first kappa shape index (κ1) is 19.5. The van der Waals surface area contributed by atoms with Crippen LogP contribution < -0.4 is 4.74 Å². The van der Waals surface area contributed by atoms with Gasteiger partial charge in [0, 0.05) is 36.6 Å². The molecule has 0 unspecified atom stereocenters. The minimum absolute atomic E-state index is 0.0693. The number of nitrogens with zero attached hydrogens (tertiary/aromatic N) is 2. The van der Waals surface area contributed by atoms with Crippen molar-refractivity contribution in [3.63, 3.8) is 0 Å². The number of furan rings is 1. The minimum Gasteiger partial charge on any atom is -0.485 e. The third-order valence-electron chi connectivity index (χ3n) is 4.90. The highest BCUT2D eigenvalue weighted by Gasteiger charge is 2.20. The molecule has 3 heterocycles. The van der Waals surface area contributed by atoms with Crippen LogP contribution in [0.2, 0.25) is 0 Å². The molecule has 6 heteroatoms. The number of ether oxygens (including phenoxy) is 1. The SMILES string of the molecule is O=C(c1ccncc1)N1CCC(=Cc2ccccc2OCc2ccc(Br)o2)CC1. The summed E-state index contributed by atoms with van der Waals surface area (Å²) in [6.07, 6.45) is 7.20. The first-order valence-corrected chi connectivity index (χ1v) is 10.3. The molecular formula is C23H21BrN2O3. The van der Waals surface area contributed by atoms with Gasteiger partial charge in [0.25, 0.3) is 5.91 Å². The molecule has 148 valence electrons. The van der Waals surface area contributed by atoms with E-state index in [0.717, 1.165) is 43.0 Å². The zero-order valence-corrected chi connectivity index (χ0v) is 17.5. The Balaban J connectivity index is 1.40. The molecule has 0 N–H and O–H groups in total. The van der Waals surface area contributed by atoms with Gasteiger partial charge in [-0.15, -0.1) is 0 Å². The van der Waals surface area contributed by atoms with E-state index in [1.54, 1.807) is 24.5 Å². The summed E-state index contributed by atoms with van der Waals surface area (Å²) in [5.74, 6) is 1.66. The van der Waals surface area contributed by atoms with Gasteiger partial charge in [0.1, 0.15) is 18.1 Å². The maximum absolute atomic E-state index is 12.6. The van der Waals surface area contributed by atoms with E-state index in [-0.39, 0.29) is 5.91 Å². The maximum Gasteiger partial charge on any atom is 0.253 e. The predicted octanol–water partition coefficient (Wildman–Crippen LogP) is 5.34. The topological polar surface area (TPSA) is 55.6 Å². The molecule has 2 aromatic heterocycles. The monoisotopic (exact) mass is 452 g/mol. The lowest BCUT2D eigenvalue weighted by Crippen LogP contribution is -2.36. The van der Waals surface area contributed by atoms with E-state index in [1.807, 2.05) is 35.2 Å². The Hall–Kier alpha value is -2.86. The van der Waals surface area contributed by atoms with Crippen LogP contribution in [0.1, 0.15) is 34.5 Å².